The van der Waals surface area contributed by atoms with Crippen LogP contribution in [0.3, 0.4) is 0 Å². The van der Waals surface area contributed by atoms with Crippen LogP contribution in [-0.4, -0.2) is 16.9 Å². The van der Waals surface area contributed by atoms with Crippen molar-refractivity contribution < 1.29 is 19.1 Å². The number of furan rings is 1. The van der Waals surface area contributed by atoms with E-state index in [1.54, 1.807) is 12.1 Å². The second-order valence-electron chi connectivity index (χ2n) is 2.71. The van der Waals surface area contributed by atoms with Crippen LogP contribution < -0.4 is 0 Å². The monoisotopic (exact) mass is 194 g/mol. The Labute approximate surface area is 80.8 Å². The van der Waals surface area contributed by atoms with Gasteiger partial charge in [0.15, 0.2) is 5.78 Å². The number of carbonyl (C=O) groups excluding carboxylic acids is 1. The van der Waals surface area contributed by atoms with Crippen molar-refractivity contribution in [1.82, 2.24) is 0 Å². The van der Waals surface area contributed by atoms with Crippen LogP contribution in [0.2, 0.25) is 0 Å². The highest BCUT2D eigenvalue weighted by Crippen LogP contribution is 2.03. The lowest BCUT2D eigenvalue weighted by molar-refractivity contribution is -0.138. The highest BCUT2D eigenvalue weighted by Gasteiger charge is 2.01. The number of carboxylic acids is 1. The maximum Gasteiger partial charge on any atom is 0.303 e. The molecule has 0 amide bonds. The van der Waals surface area contributed by atoms with Crippen LogP contribution in [0, 0.1) is 0 Å². The van der Waals surface area contributed by atoms with Crippen LogP contribution in [0.25, 0.3) is 6.08 Å². The largest absolute Gasteiger partial charge is 0.481 e. The molecule has 0 atom stereocenters. The van der Waals surface area contributed by atoms with E-state index in [1.807, 2.05) is 0 Å². The van der Waals surface area contributed by atoms with Gasteiger partial charge in [0.25, 0.3) is 0 Å². The van der Waals surface area contributed by atoms with Crippen molar-refractivity contribution in [2.24, 2.45) is 0 Å². The first-order valence-corrected chi connectivity index (χ1v) is 4.14. The molecule has 1 N–H and O–H groups in total. The molecule has 0 unspecified atom stereocenters. The summed E-state index contributed by atoms with van der Waals surface area (Å²) in [4.78, 5) is 21.2. The summed E-state index contributed by atoms with van der Waals surface area (Å²) in [6.07, 6.45) is 4.22. The summed E-state index contributed by atoms with van der Waals surface area (Å²) in [7, 11) is 0. The predicted octanol–water partition coefficient (Wildman–Crippen LogP) is 1.73. The van der Waals surface area contributed by atoms with E-state index in [0.717, 1.165) is 0 Å². The number of aliphatic carboxylic acids is 1. The van der Waals surface area contributed by atoms with Crippen molar-refractivity contribution in [2.45, 2.75) is 12.8 Å². The molecule has 0 aromatic carbocycles. The van der Waals surface area contributed by atoms with Crippen molar-refractivity contribution in [3.8, 4) is 0 Å². The van der Waals surface area contributed by atoms with E-state index in [0.29, 0.717) is 5.76 Å². The lowest BCUT2D eigenvalue weighted by Gasteiger charge is -1.89. The van der Waals surface area contributed by atoms with Crippen LogP contribution in [0.4, 0.5) is 0 Å². The molecule has 4 heteroatoms. The summed E-state index contributed by atoms with van der Waals surface area (Å²) in [5, 5.41) is 8.32. The number of allylic oxidation sites excluding steroid dienone is 1. The second-order valence-corrected chi connectivity index (χ2v) is 2.71. The van der Waals surface area contributed by atoms with E-state index in [-0.39, 0.29) is 18.6 Å². The molecule has 1 heterocycles. The minimum Gasteiger partial charge on any atom is -0.481 e. The first-order chi connectivity index (χ1) is 6.68. The summed E-state index contributed by atoms with van der Waals surface area (Å²) in [5.74, 6) is -0.609. The highest BCUT2D eigenvalue weighted by atomic mass is 16.4. The topological polar surface area (TPSA) is 67.5 Å². The molecular weight excluding hydrogens is 184 g/mol. The van der Waals surface area contributed by atoms with Crippen LogP contribution >= 0.6 is 0 Å². The maximum atomic E-state index is 11.1. The SMILES string of the molecule is O=C(O)CCC(=O)C=Cc1ccco1. The number of carboxylic acid groups (broad SMARTS) is 1. The van der Waals surface area contributed by atoms with Crippen LogP contribution in [0.15, 0.2) is 28.9 Å². The van der Waals surface area contributed by atoms with E-state index >= 15 is 0 Å². The predicted molar refractivity (Wildman–Crippen MR) is 49.6 cm³/mol. The molecule has 4 nitrogen and oxygen atoms in total. The third-order valence-corrected chi connectivity index (χ3v) is 1.56. The third kappa shape index (κ3) is 3.71. The Morgan fingerprint density at radius 1 is 1.43 bits per heavy atom. The molecule has 0 saturated heterocycles. The number of hydrogen-bond acceptors (Lipinski definition) is 3. The van der Waals surface area contributed by atoms with Crippen molar-refractivity contribution in [3.05, 3.63) is 30.2 Å². The molecule has 74 valence electrons. The molecule has 0 spiro atoms. The smallest absolute Gasteiger partial charge is 0.303 e. The molecule has 1 aromatic rings. The Morgan fingerprint density at radius 2 is 2.21 bits per heavy atom. The Morgan fingerprint density at radius 3 is 2.79 bits per heavy atom. The molecule has 0 bridgehead atoms. The third-order valence-electron chi connectivity index (χ3n) is 1.56. The first kappa shape index (κ1) is 10.2. The summed E-state index contributed by atoms with van der Waals surface area (Å²) >= 11 is 0. The van der Waals surface area contributed by atoms with E-state index in [9.17, 15) is 9.59 Å². The number of rotatable bonds is 5. The fourth-order valence-corrected chi connectivity index (χ4v) is 0.875. The average Bonchev–Trinajstić information content (AvgIpc) is 2.63. The van der Waals surface area contributed by atoms with Gasteiger partial charge in [-0.05, 0) is 24.3 Å². The van der Waals surface area contributed by atoms with Gasteiger partial charge in [0, 0.05) is 6.42 Å². The zero-order valence-electron chi connectivity index (χ0n) is 7.47. The Kier molecular flexibility index (Phi) is 3.67. The van der Waals surface area contributed by atoms with E-state index < -0.39 is 5.97 Å². The Balaban J connectivity index is 2.37. The molecule has 0 radical (unpaired) electrons. The van der Waals surface area contributed by atoms with Crippen LogP contribution in [-0.2, 0) is 9.59 Å². The van der Waals surface area contributed by atoms with Gasteiger partial charge < -0.3 is 9.52 Å². The van der Waals surface area contributed by atoms with Gasteiger partial charge in [-0.1, -0.05) is 0 Å². The van der Waals surface area contributed by atoms with Gasteiger partial charge in [-0.25, -0.2) is 0 Å². The first-order valence-electron chi connectivity index (χ1n) is 4.14. The van der Waals surface area contributed by atoms with Crippen molar-refractivity contribution in [3.63, 3.8) is 0 Å². The number of carbonyl (C=O) groups is 2. The summed E-state index contributed by atoms with van der Waals surface area (Å²) < 4.78 is 4.95. The minimum absolute atomic E-state index is 0.0204. The maximum absolute atomic E-state index is 11.1. The normalized spacial score (nSPS) is 10.6. The summed E-state index contributed by atoms with van der Waals surface area (Å²) in [6, 6.07) is 3.42. The Hall–Kier alpha value is -1.84. The summed E-state index contributed by atoms with van der Waals surface area (Å²) in [5.41, 5.74) is 0. The zero-order chi connectivity index (χ0) is 10.4. The molecule has 0 aliphatic heterocycles. The minimum atomic E-state index is -0.968. The van der Waals surface area contributed by atoms with Gasteiger partial charge in [0.2, 0.25) is 0 Å². The van der Waals surface area contributed by atoms with Gasteiger partial charge in [0.1, 0.15) is 5.76 Å². The second kappa shape index (κ2) is 5.01. The number of hydrogen-bond donors (Lipinski definition) is 1. The lowest BCUT2D eigenvalue weighted by Crippen LogP contribution is -1.99. The van der Waals surface area contributed by atoms with Gasteiger partial charge >= 0.3 is 5.97 Å². The van der Waals surface area contributed by atoms with Crippen molar-refractivity contribution >= 4 is 17.8 Å². The summed E-state index contributed by atoms with van der Waals surface area (Å²) in [6.45, 7) is 0. The fraction of sp³-hybridized carbons (Fsp3) is 0.200. The van der Waals surface area contributed by atoms with E-state index in [2.05, 4.69) is 0 Å². The molecule has 14 heavy (non-hydrogen) atoms. The lowest BCUT2D eigenvalue weighted by atomic mass is 10.2. The molecule has 0 aliphatic rings. The van der Waals surface area contributed by atoms with Gasteiger partial charge in [-0.2, -0.15) is 0 Å². The van der Waals surface area contributed by atoms with Crippen molar-refractivity contribution in [2.75, 3.05) is 0 Å². The average molecular weight is 194 g/mol. The standard InChI is InChI=1S/C10H10O4/c11-8(4-6-10(12)13)3-5-9-2-1-7-14-9/h1-3,5,7H,4,6H2,(H,12,13). The quantitative estimate of drug-likeness (QED) is 0.725. The Bertz CT molecular complexity index is 335. The van der Waals surface area contributed by atoms with Gasteiger partial charge in [-0.3, -0.25) is 9.59 Å². The fourth-order valence-electron chi connectivity index (χ4n) is 0.875. The molecular formula is C10H10O4. The molecule has 0 aliphatic carbocycles. The molecule has 1 rings (SSSR count). The van der Waals surface area contributed by atoms with Crippen molar-refractivity contribution in [1.29, 1.82) is 0 Å². The number of ketones is 1. The van der Waals surface area contributed by atoms with Gasteiger partial charge in [0.05, 0.1) is 12.7 Å². The highest BCUT2D eigenvalue weighted by molar-refractivity contribution is 5.94. The molecule has 0 fully saturated rings. The zero-order valence-corrected chi connectivity index (χ0v) is 7.47. The van der Waals surface area contributed by atoms with Gasteiger partial charge in [-0.15, -0.1) is 0 Å². The van der Waals surface area contributed by atoms with E-state index in [1.165, 1.54) is 18.4 Å². The molecule has 1 aromatic heterocycles. The van der Waals surface area contributed by atoms with Crippen LogP contribution in [0.1, 0.15) is 18.6 Å². The van der Waals surface area contributed by atoms with E-state index in [4.69, 9.17) is 9.52 Å². The van der Waals surface area contributed by atoms with Crippen LogP contribution in [0.5, 0.6) is 0 Å². The molecule has 0 saturated carbocycles.